The predicted molar refractivity (Wildman–Crippen MR) is 135 cm³/mol. The number of hydrogen-bond acceptors (Lipinski definition) is 7. The number of rotatable bonds is 7. The second kappa shape index (κ2) is 9.23. The molecule has 5 aromatic rings. The van der Waals surface area contributed by atoms with Gasteiger partial charge in [0.2, 0.25) is 5.88 Å². The fraction of sp³-hybridized carbons (Fsp3) is 0.148. The Morgan fingerprint density at radius 2 is 2.03 bits per heavy atom. The van der Waals surface area contributed by atoms with E-state index in [0.717, 1.165) is 28.5 Å². The number of imidazole rings is 2. The summed E-state index contributed by atoms with van der Waals surface area (Å²) in [5.74, 6) is 1.25. The maximum absolute atomic E-state index is 11.7. The molecule has 183 valence electrons. The van der Waals surface area contributed by atoms with Gasteiger partial charge in [0, 0.05) is 49.0 Å². The third-order valence-corrected chi connectivity index (χ3v) is 6.54. The number of allylic oxidation sites excluding steroid dienone is 1. The van der Waals surface area contributed by atoms with Crippen LogP contribution in [0.2, 0.25) is 0 Å². The first kappa shape index (κ1) is 22.5. The molecule has 0 N–H and O–H groups in total. The Balaban J connectivity index is 1.42. The van der Waals surface area contributed by atoms with Crippen molar-refractivity contribution in [2.24, 2.45) is 7.05 Å². The lowest BCUT2D eigenvalue weighted by Gasteiger charge is -2.30. The molecule has 1 radical (unpaired) electrons. The van der Waals surface area contributed by atoms with Crippen molar-refractivity contribution in [3.63, 3.8) is 0 Å². The van der Waals surface area contributed by atoms with Crippen molar-refractivity contribution < 1.29 is 9.34 Å². The predicted octanol–water partition coefficient (Wildman–Crippen LogP) is 4.53. The molecule has 0 bridgehead atoms. The molecule has 10 nitrogen and oxygen atoms in total. The number of benzene rings is 1. The van der Waals surface area contributed by atoms with Crippen LogP contribution in [-0.4, -0.2) is 29.0 Å². The standard InChI is InChI=1S/C27H22N7O3/c1-31-25(19-5-7-22(8-6-19)32-12-11-28-18-32)16-30-26(31)24(15-21-4-2-3-10-29-21)33-17-23(34(35)36)14-20-9-13-37-27(20)33/h2-12,16-18,24H,14-15H2,1H3/t24-/m0/s1. The van der Waals surface area contributed by atoms with E-state index in [1.165, 1.54) is 0 Å². The van der Waals surface area contributed by atoms with Crippen LogP contribution in [0.25, 0.3) is 16.9 Å². The van der Waals surface area contributed by atoms with Gasteiger partial charge in [0.25, 0.3) is 5.70 Å². The SMILES string of the molecule is Cn1c(-c2ccc(-n3ccnc3)cc2)cnc1[C@H](Cc1ccccn1)N1C=C([N+](=O)[O-])Cc2c[c]oc21. The molecule has 0 amide bonds. The molecule has 0 saturated carbocycles. The lowest BCUT2D eigenvalue weighted by atomic mass is 10.0. The van der Waals surface area contributed by atoms with Gasteiger partial charge in [-0.2, -0.15) is 0 Å². The summed E-state index contributed by atoms with van der Waals surface area (Å²) < 4.78 is 9.64. The van der Waals surface area contributed by atoms with Crippen molar-refractivity contribution in [2.45, 2.75) is 18.9 Å². The highest BCUT2D eigenvalue weighted by Crippen LogP contribution is 2.38. The number of aromatic nitrogens is 5. The molecule has 37 heavy (non-hydrogen) atoms. The van der Waals surface area contributed by atoms with Gasteiger partial charge < -0.3 is 18.5 Å². The molecule has 0 fully saturated rings. The Bertz CT molecular complexity index is 1570. The number of furan rings is 1. The van der Waals surface area contributed by atoms with Crippen molar-refractivity contribution in [3.05, 3.63) is 125 Å². The summed E-state index contributed by atoms with van der Waals surface area (Å²) >= 11 is 0. The Kier molecular flexibility index (Phi) is 5.61. The maximum atomic E-state index is 11.7. The minimum absolute atomic E-state index is 0.0813. The largest absolute Gasteiger partial charge is 0.437 e. The van der Waals surface area contributed by atoms with Crippen molar-refractivity contribution in [1.29, 1.82) is 0 Å². The zero-order valence-corrected chi connectivity index (χ0v) is 19.9. The molecule has 1 aromatic carbocycles. The van der Waals surface area contributed by atoms with Gasteiger partial charge >= 0.3 is 0 Å². The van der Waals surface area contributed by atoms with E-state index in [1.807, 2.05) is 71.0 Å². The number of fused-ring (bicyclic) bond motifs is 1. The van der Waals surface area contributed by atoms with E-state index >= 15 is 0 Å². The van der Waals surface area contributed by atoms with Crippen LogP contribution in [0, 0.1) is 16.4 Å². The molecule has 6 rings (SSSR count). The lowest BCUT2D eigenvalue weighted by molar-refractivity contribution is -0.427. The Hall–Kier alpha value is -4.99. The molecule has 4 aromatic heterocycles. The Morgan fingerprint density at radius 3 is 2.76 bits per heavy atom. The van der Waals surface area contributed by atoms with Crippen LogP contribution in [0.4, 0.5) is 5.88 Å². The van der Waals surface area contributed by atoms with E-state index in [-0.39, 0.29) is 17.0 Å². The van der Waals surface area contributed by atoms with Gasteiger partial charge in [0.05, 0.1) is 35.8 Å². The van der Waals surface area contributed by atoms with Gasteiger partial charge in [-0.3, -0.25) is 15.1 Å². The van der Waals surface area contributed by atoms with Crippen LogP contribution >= 0.6 is 0 Å². The minimum atomic E-state index is -0.410. The molecule has 0 unspecified atom stereocenters. The highest BCUT2D eigenvalue weighted by molar-refractivity contribution is 5.62. The third-order valence-electron chi connectivity index (χ3n) is 6.54. The van der Waals surface area contributed by atoms with Gasteiger partial charge in [-0.05, 0) is 35.9 Å². The Morgan fingerprint density at radius 1 is 1.16 bits per heavy atom. The number of anilines is 1. The molecule has 0 aliphatic carbocycles. The normalized spacial score (nSPS) is 13.8. The average Bonchev–Trinajstić information content (AvgIpc) is 3.69. The fourth-order valence-corrected chi connectivity index (χ4v) is 4.68. The van der Waals surface area contributed by atoms with Crippen LogP contribution < -0.4 is 4.90 Å². The first-order valence-electron chi connectivity index (χ1n) is 11.7. The molecule has 10 heteroatoms. The van der Waals surface area contributed by atoms with Crippen molar-refractivity contribution in [1.82, 2.24) is 24.1 Å². The third kappa shape index (κ3) is 4.18. The summed E-state index contributed by atoms with van der Waals surface area (Å²) in [6.07, 6.45) is 13.9. The minimum Gasteiger partial charge on any atom is -0.437 e. The van der Waals surface area contributed by atoms with Crippen LogP contribution in [0.3, 0.4) is 0 Å². The van der Waals surface area contributed by atoms with Gasteiger partial charge in [-0.25, -0.2) is 9.97 Å². The second-order valence-electron chi connectivity index (χ2n) is 8.77. The zero-order valence-electron chi connectivity index (χ0n) is 19.9. The van der Waals surface area contributed by atoms with Gasteiger partial charge in [0.15, 0.2) is 6.26 Å². The second-order valence-corrected chi connectivity index (χ2v) is 8.77. The fourth-order valence-electron chi connectivity index (χ4n) is 4.68. The van der Waals surface area contributed by atoms with Crippen LogP contribution in [0.15, 0.2) is 96.0 Å². The van der Waals surface area contributed by atoms with Gasteiger partial charge in [-0.15, -0.1) is 0 Å². The van der Waals surface area contributed by atoms with E-state index in [0.29, 0.717) is 17.9 Å². The molecule has 0 saturated heterocycles. The van der Waals surface area contributed by atoms with E-state index in [4.69, 9.17) is 9.40 Å². The quantitative estimate of drug-likeness (QED) is 0.243. The monoisotopic (exact) mass is 492 g/mol. The maximum Gasteiger partial charge on any atom is 0.266 e. The molecular weight excluding hydrogens is 470 g/mol. The van der Waals surface area contributed by atoms with Gasteiger partial charge in [0.1, 0.15) is 11.9 Å². The van der Waals surface area contributed by atoms with Crippen LogP contribution in [0.5, 0.6) is 0 Å². The Labute approximate surface area is 212 Å². The van der Waals surface area contributed by atoms with Crippen molar-refractivity contribution >= 4 is 5.88 Å². The lowest BCUT2D eigenvalue weighted by Crippen LogP contribution is -2.31. The zero-order chi connectivity index (χ0) is 25.4. The molecule has 1 atom stereocenters. The molecule has 1 aliphatic rings. The van der Waals surface area contributed by atoms with Gasteiger partial charge in [-0.1, -0.05) is 18.2 Å². The summed E-state index contributed by atoms with van der Waals surface area (Å²) in [6.45, 7) is 0. The first-order chi connectivity index (χ1) is 18.1. The summed E-state index contributed by atoms with van der Waals surface area (Å²) in [6, 6.07) is 15.1. The van der Waals surface area contributed by atoms with E-state index in [2.05, 4.69) is 16.2 Å². The van der Waals surface area contributed by atoms with E-state index < -0.39 is 6.04 Å². The highest BCUT2D eigenvalue weighted by Gasteiger charge is 2.34. The highest BCUT2D eigenvalue weighted by atomic mass is 16.6. The van der Waals surface area contributed by atoms with E-state index in [9.17, 15) is 10.1 Å². The number of nitro groups is 1. The van der Waals surface area contributed by atoms with Crippen LogP contribution in [0.1, 0.15) is 23.1 Å². The van der Waals surface area contributed by atoms with E-state index in [1.54, 1.807) is 35.9 Å². The van der Waals surface area contributed by atoms with Crippen LogP contribution in [-0.2, 0) is 19.9 Å². The molecule has 1 aliphatic heterocycles. The number of nitrogens with zero attached hydrogens (tertiary/aromatic N) is 7. The van der Waals surface area contributed by atoms with Crippen molar-refractivity contribution in [2.75, 3.05) is 4.90 Å². The summed E-state index contributed by atoms with van der Waals surface area (Å²) in [4.78, 5) is 26.6. The summed E-state index contributed by atoms with van der Waals surface area (Å²) in [7, 11) is 1.95. The molecular formula is C27H22N7O3. The molecule has 5 heterocycles. The smallest absolute Gasteiger partial charge is 0.266 e. The first-order valence-corrected chi connectivity index (χ1v) is 11.7. The average molecular weight is 493 g/mol. The topological polar surface area (TPSA) is 108 Å². The summed E-state index contributed by atoms with van der Waals surface area (Å²) in [5, 5.41) is 11.7. The number of pyridine rings is 1. The van der Waals surface area contributed by atoms with Crippen molar-refractivity contribution in [3.8, 4) is 16.9 Å². The summed E-state index contributed by atoms with van der Waals surface area (Å²) in [5.41, 5.74) is 4.54. The number of hydrogen-bond donors (Lipinski definition) is 0. The molecule has 0 spiro atoms.